The van der Waals surface area contributed by atoms with Crippen LogP contribution in [-0.2, 0) is 9.84 Å². The van der Waals surface area contributed by atoms with E-state index in [-0.39, 0.29) is 4.90 Å². The first-order valence-electron chi connectivity index (χ1n) is 8.79. The Hall–Kier alpha value is -3.65. The fourth-order valence-electron chi connectivity index (χ4n) is 3.01. The largest absolute Gasteiger partial charge is 0.399 e. The summed E-state index contributed by atoms with van der Waals surface area (Å²) in [6, 6.07) is 15.9. The smallest absolute Gasteiger partial charge is 0.175 e. The van der Waals surface area contributed by atoms with Crippen molar-refractivity contribution in [2.75, 3.05) is 17.0 Å². The summed E-state index contributed by atoms with van der Waals surface area (Å²) in [4.78, 5) is 0.231. The highest BCUT2D eigenvalue weighted by Gasteiger charge is 2.19. The molecule has 0 aliphatic carbocycles. The lowest BCUT2D eigenvalue weighted by Crippen LogP contribution is -2.21. The number of nitrogen functional groups attached to an aromatic ring is 1. The molecule has 1 aliphatic heterocycles. The van der Waals surface area contributed by atoms with Crippen LogP contribution < -0.4 is 10.7 Å². The quantitative estimate of drug-likeness (QED) is 0.673. The van der Waals surface area contributed by atoms with Crippen molar-refractivity contribution in [3.05, 3.63) is 90.9 Å². The Balaban J connectivity index is 1.77. The summed E-state index contributed by atoms with van der Waals surface area (Å²) in [7, 11) is -3.32. The molecule has 0 atom stereocenters. The number of sulfone groups is 1. The topological polar surface area (TPSA) is 93.6 Å². The summed E-state index contributed by atoms with van der Waals surface area (Å²) < 4.78 is 25.5. The Morgan fingerprint density at radius 3 is 2.55 bits per heavy atom. The monoisotopic (exact) mass is 405 g/mol. The Morgan fingerprint density at radius 1 is 1.03 bits per heavy atom. The molecule has 0 spiro atoms. The number of hydrogen-bond acceptors (Lipinski definition) is 6. The minimum Gasteiger partial charge on any atom is -0.399 e. The maximum absolute atomic E-state index is 11.9. The van der Waals surface area contributed by atoms with Crippen LogP contribution in [-0.4, -0.2) is 30.2 Å². The fourth-order valence-corrected chi connectivity index (χ4v) is 3.67. The van der Waals surface area contributed by atoms with Crippen LogP contribution in [0.3, 0.4) is 0 Å². The van der Waals surface area contributed by atoms with Gasteiger partial charge in [-0.3, -0.25) is 0 Å². The van der Waals surface area contributed by atoms with E-state index >= 15 is 0 Å². The molecule has 0 unspecified atom stereocenters. The van der Waals surface area contributed by atoms with Crippen LogP contribution in [0.5, 0.6) is 0 Å². The van der Waals surface area contributed by atoms with E-state index in [0.717, 1.165) is 11.4 Å². The summed E-state index contributed by atoms with van der Waals surface area (Å²) in [5.74, 6) is 0. The summed E-state index contributed by atoms with van der Waals surface area (Å²) >= 11 is 0. The molecule has 0 saturated carbocycles. The van der Waals surface area contributed by atoms with Gasteiger partial charge in [0.25, 0.3) is 0 Å². The van der Waals surface area contributed by atoms with Crippen LogP contribution >= 0.6 is 0 Å². The molecule has 3 aromatic rings. The number of anilines is 2. The maximum Gasteiger partial charge on any atom is 0.175 e. The molecule has 29 heavy (non-hydrogen) atoms. The normalized spacial score (nSPS) is 14.2. The molecule has 1 aromatic heterocycles. The lowest BCUT2D eigenvalue weighted by molar-refractivity contribution is 0.602. The van der Waals surface area contributed by atoms with Gasteiger partial charge >= 0.3 is 0 Å². The highest BCUT2D eigenvalue weighted by molar-refractivity contribution is 7.90. The number of nitrogens with zero attached hydrogens (tertiary/aromatic N) is 4. The van der Waals surface area contributed by atoms with E-state index in [1.165, 1.54) is 6.26 Å². The molecule has 2 heterocycles. The van der Waals surface area contributed by atoms with Crippen LogP contribution in [0.15, 0.2) is 95.2 Å². The van der Waals surface area contributed by atoms with Gasteiger partial charge in [0, 0.05) is 18.1 Å². The average molecular weight is 405 g/mol. The Bertz CT molecular complexity index is 1270. The minimum atomic E-state index is -3.32. The molecule has 0 radical (unpaired) electrons. The maximum atomic E-state index is 11.9. The molecule has 1 aliphatic rings. The number of aromatic nitrogens is 2. The standard InChI is InChI=1S/C21H19N5O2S/c1-15-10-12-25(17-6-4-8-19(14-17)29(2,27)28)24-21(15)20-9-11-23-26(20)18-7-3-5-16(22)13-18/h3-14H,1,22H2,2H3. The fraction of sp³-hybridized carbons (Fsp3) is 0.0476. The molecule has 146 valence electrons. The highest BCUT2D eigenvalue weighted by atomic mass is 32.2. The third kappa shape index (κ3) is 3.70. The molecular formula is C21H19N5O2S. The highest BCUT2D eigenvalue weighted by Crippen LogP contribution is 2.25. The van der Waals surface area contributed by atoms with E-state index in [1.54, 1.807) is 46.4 Å². The van der Waals surface area contributed by atoms with Crippen molar-refractivity contribution in [1.29, 1.82) is 0 Å². The lowest BCUT2D eigenvalue weighted by atomic mass is 10.1. The van der Waals surface area contributed by atoms with E-state index in [2.05, 4.69) is 16.8 Å². The SMILES string of the molecule is C=C1C=CN(c2cccc(S(C)(=O)=O)c2)N=C1c1ccnn1-c1cccc(N)c1. The van der Waals surface area contributed by atoms with Crippen LogP contribution in [0.1, 0.15) is 5.69 Å². The minimum absolute atomic E-state index is 0.231. The summed E-state index contributed by atoms with van der Waals surface area (Å²) in [6.45, 7) is 4.08. The van der Waals surface area contributed by atoms with Crippen LogP contribution in [0.25, 0.3) is 5.69 Å². The Morgan fingerprint density at radius 2 is 1.79 bits per heavy atom. The molecule has 0 fully saturated rings. The van der Waals surface area contributed by atoms with Crippen molar-refractivity contribution in [2.45, 2.75) is 4.90 Å². The number of rotatable bonds is 4. The van der Waals surface area contributed by atoms with Gasteiger partial charge in [-0.15, -0.1) is 0 Å². The third-order valence-corrected chi connectivity index (χ3v) is 5.55. The molecular weight excluding hydrogens is 386 g/mol. The van der Waals surface area contributed by atoms with Crippen LogP contribution in [0, 0.1) is 0 Å². The van der Waals surface area contributed by atoms with Gasteiger partial charge in [-0.2, -0.15) is 10.2 Å². The third-order valence-electron chi connectivity index (χ3n) is 4.44. The summed E-state index contributed by atoms with van der Waals surface area (Å²) in [5.41, 5.74) is 10.1. The lowest BCUT2D eigenvalue weighted by Gasteiger charge is -2.22. The molecule has 2 aromatic carbocycles. The van der Waals surface area contributed by atoms with Gasteiger partial charge in [0.2, 0.25) is 0 Å². The van der Waals surface area contributed by atoms with Gasteiger partial charge in [0.05, 0.1) is 28.2 Å². The zero-order chi connectivity index (χ0) is 20.6. The molecule has 7 nitrogen and oxygen atoms in total. The number of hydrogen-bond donors (Lipinski definition) is 1. The van der Waals surface area contributed by atoms with Crippen molar-refractivity contribution in [1.82, 2.24) is 9.78 Å². The molecule has 8 heteroatoms. The van der Waals surface area contributed by atoms with E-state index < -0.39 is 9.84 Å². The van der Waals surface area contributed by atoms with Gasteiger partial charge in [0.1, 0.15) is 5.71 Å². The Labute approximate surface area is 169 Å². The first-order valence-corrected chi connectivity index (χ1v) is 10.7. The predicted octanol–water partition coefficient (Wildman–Crippen LogP) is 3.15. The number of hydrazone groups is 1. The molecule has 0 amide bonds. The van der Waals surface area contributed by atoms with Crippen LogP contribution in [0.4, 0.5) is 11.4 Å². The van der Waals surface area contributed by atoms with Gasteiger partial charge in [-0.1, -0.05) is 18.7 Å². The van der Waals surface area contributed by atoms with Gasteiger partial charge < -0.3 is 5.73 Å². The zero-order valence-corrected chi connectivity index (χ0v) is 16.5. The zero-order valence-electron chi connectivity index (χ0n) is 15.7. The second-order valence-electron chi connectivity index (χ2n) is 6.63. The number of benzene rings is 2. The summed E-state index contributed by atoms with van der Waals surface area (Å²) in [6.07, 6.45) is 6.43. The molecule has 0 saturated heterocycles. The van der Waals surface area contributed by atoms with Gasteiger partial charge in [0.15, 0.2) is 9.84 Å². The van der Waals surface area contributed by atoms with Gasteiger partial charge in [-0.25, -0.2) is 18.1 Å². The molecule has 4 rings (SSSR count). The van der Waals surface area contributed by atoms with Crippen molar-refractivity contribution in [3.63, 3.8) is 0 Å². The Kier molecular flexibility index (Phi) is 4.56. The average Bonchev–Trinajstić information content (AvgIpc) is 3.17. The van der Waals surface area contributed by atoms with E-state index in [1.807, 2.05) is 36.4 Å². The van der Waals surface area contributed by atoms with Crippen molar-refractivity contribution >= 4 is 26.9 Å². The van der Waals surface area contributed by atoms with Gasteiger partial charge in [-0.05, 0) is 54.1 Å². The first-order chi connectivity index (χ1) is 13.8. The number of allylic oxidation sites excluding steroid dienone is 2. The van der Waals surface area contributed by atoms with Crippen LogP contribution in [0.2, 0.25) is 0 Å². The number of nitrogens with two attached hydrogens (primary N) is 1. The van der Waals surface area contributed by atoms with Crippen molar-refractivity contribution < 1.29 is 8.42 Å². The second kappa shape index (κ2) is 7.06. The second-order valence-corrected chi connectivity index (χ2v) is 8.64. The van der Waals surface area contributed by atoms with E-state index in [9.17, 15) is 8.42 Å². The van der Waals surface area contributed by atoms with E-state index in [0.29, 0.717) is 22.7 Å². The predicted molar refractivity (Wildman–Crippen MR) is 115 cm³/mol. The summed E-state index contributed by atoms with van der Waals surface area (Å²) in [5, 5.41) is 10.7. The van der Waals surface area contributed by atoms with E-state index in [4.69, 9.17) is 5.73 Å². The van der Waals surface area contributed by atoms with Crippen molar-refractivity contribution in [3.8, 4) is 5.69 Å². The molecule has 2 N–H and O–H groups in total. The first kappa shape index (κ1) is 18.7. The molecule has 0 bridgehead atoms. The van der Waals surface area contributed by atoms with Crippen molar-refractivity contribution in [2.24, 2.45) is 5.10 Å².